The molecule has 2 aliphatic carbocycles. The number of phenolic OH excluding ortho intramolecular Hbond substituents is 1. The van der Waals surface area contributed by atoms with Crippen molar-refractivity contribution in [2.45, 2.75) is 30.4 Å². The van der Waals surface area contributed by atoms with Crippen LogP contribution in [0.25, 0.3) is 0 Å². The average Bonchev–Trinajstić information content (AvgIpc) is 2.65. The molecule has 4 atom stereocenters. The Labute approximate surface area is 154 Å². The number of allylic oxidation sites excluding steroid dienone is 1. The van der Waals surface area contributed by atoms with E-state index >= 15 is 0 Å². The SMILES string of the molecule is C=C1CN(C)C2Cc3ccc(OC)c(O)c3[C@@]13CC(OC)=CC(OC)C23. The van der Waals surface area contributed by atoms with Crippen LogP contribution in [-0.2, 0) is 21.3 Å². The van der Waals surface area contributed by atoms with Gasteiger partial charge in [-0.3, -0.25) is 4.90 Å². The molecule has 26 heavy (non-hydrogen) atoms. The zero-order chi connectivity index (χ0) is 18.6. The van der Waals surface area contributed by atoms with Crippen molar-refractivity contribution in [1.29, 1.82) is 0 Å². The number of benzene rings is 1. The molecule has 0 saturated carbocycles. The van der Waals surface area contributed by atoms with Gasteiger partial charge in [-0.25, -0.2) is 0 Å². The Kier molecular flexibility index (Phi) is 4.04. The number of methoxy groups -OCH3 is 3. The van der Waals surface area contributed by atoms with E-state index in [4.69, 9.17) is 14.2 Å². The molecule has 0 aromatic heterocycles. The van der Waals surface area contributed by atoms with E-state index in [2.05, 4.69) is 30.7 Å². The van der Waals surface area contributed by atoms with Crippen molar-refractivity contribution >= 4 is 0 Å². The standard InChI is InChI=1S/C21H27NO4/c1-12-11-22(2)15-8-13-6-7-16(25-4)20(23)18(13)21(12)10-14(24-3)9-17(26-5)19(15)21/h6-7,9,15,17,19,23H,1,8,10-11H2,2-5H3/t15?,17?,19?,21-/m1/s1. The highest BCUT2D eigenvalue weighted by Crippen LogP contribution is 2.60. The smallest absolute Gasteiger partial charge is 0.162 e. The predicted molar refractivity (Wildman–Crippen MR) is 99.6 cm³/mol. The number of likely N-dealkylation sites (tertiary alicyclic amines) is 1. The Morgan fingerprint density at radius 2 is 2.00 bits per heavy atom. The third-order valence-electron chi connectivity index (χ3n) is 6.63. The van der Waals surface area contributed by atoms with Crippen molar-refractivity contribution in [3.63, 3.8) is 0 Å². The van der Waals surface area contributed by atoms with Crippen LogP contribution in [0, 0.1) is 5.92 Å². The molecule has 1 aliphatic heterocycles. The molecule has 1 N–H and O–H groups in total. The van der Waals surface area contributed by atoms with E-state index in [9.17, 15) is 5.11 Å². The van der Waals surface area contributed by atoms with Crippen LogP contribution in [-0.4, -0.2) is 57.1 Å². The quantitative estimate of drug-likeness (QED) is 0.843. The molecule has 0 amide bonds. The maximum absolute atomic E-state index is 11.1. The van der Waals surface area contributed by atoms with Gasteiger partial charge < -0.3 is 19.3 Å². The molecule has 1 fully saturated rings. The summed E-state index contributed by atoms with van der Waals surface area (Å²) in [6.07, 6.45) is 3.55. The number of hydrogen-bond acceptors (Lipinski definition) is 5. The van der Waals surface area contributed by atoms with Gasteiger partial charge in [0.05, 0.1) is 26.1 Å². The Balaban J connectivity index is 2.03. The van der Waals surface area contributed by atoms with Crippen LogP contribution in [0.2, 0.25) is 0 Å². The first kappa shape index (κ1) is 17.4. The van der Waals surface area contributed by atoms with Gasteiger partial charge in [0.1, 0.15) is 0 Å². The maximum Gasteiger partial charge on any atom is 0.162 e. The number of likely N-dealkylation sites (N-methyl/N-ethyl adjacent to an activating group) is 1. The molecule has 3 unspecified atom stereocenters. The first-order chi connectivity index (χ1) is 12.5. The summed E-state index contributed by atoms with van der Waals surface area (Å²) in [5.41, 5.74) is 2.78. The van der Waals surface area contributed by atoms with E-state index in [1.165, 1.54) is 0 Å². The first-order valence-electron chi connectivity index (χ1n) is 9.03. The highest BCUT2D eigenvalue weighted by molar-refractivity contribution is 5.61. The van der Waals surface area contributed by atoms with Gasteiger partial charge in [-0.2, -0.15) is 0 Å². The lowest BCUT2D eigenvalue weighted by molar-refractivity contribution is -0.0357. The fourth-order valence-corrected chi connectivity index (χ4v) is 5.50. The molecule has 1 aromatic rings. The number of hydrogen-bond donors (Lipinski definition) is 1. The molecule has 2 bridgehead atoms. The van der Waals surface area contributed by atoms with Crippen LogP contribution < -0.4 is 4.74 Å². The van der Waals surface area contributed by atoms with Gasteiger partial charge in [0, 0.05) is 43.0 Å². The highest BCUT2D eigenvalue weighted by atomic mass is 16.5. The van der Waals surface area contributed by atoms with Crippen molar-refractivity contribution in [2.24, 2.45) is 5.92 Å². The maximum atomic E-state index is 11.1. The Bertz CT molecular complexity index is 786. The predicted octanol–water partition coefficient (Wildman–Crippen LogP) is 2.63. The molecule has 4 rings (SSSR count). The largest absolute Gasteiger partial charge is 0.504 e. The second-order valence-corrected chi connectivity index (χ2v) is 7.65. The topological polar surface area (TPSA) is 51.2 Å². The summed E-state index contributed by atoms with van der Waals surface area (Å²) in [5.74, 6) is 1.78. The van der Waals surface area contributed by atoms with Gasteiger partial charge in [-0.1, -0.05) is 18.2 Å². The van der Waals surface area contributed by atoms with Crippen LogP contribution >= 0.6 is 0 Å². The summed E-state index contributed by atoms with van der Waals surface area (Å²) in [6, 6.07) is 4.26. The number of piperidine rings is 1. The second-order valence-electron chi connectivity index (χ2n) is 7.65. The van der Waals surface area contributed by atoms with Gasteiger partial charge in [0.2, 0.25) is 0 Å². The van der Waals surface area contributed by atoms with Crippen LogP contribution in [0.15, 0.2) is 36.1 Å². The lowest BCUT2D eigenvalue weighted by atomic mass is 9.51. The minimum absolute atomic E-state index is 0.0954. The fraction of sp³-hybridized carbons (Fsp3) is 0.524. The summed E-state index contributed by atoms with van der Waals surface area (Å²) >= 11 is 0. The number of nitrogens with zero attached hydrogens (tertiary/aromatic N) is 1. The minimum Gasteiger partial charge on any atom is -0.504 e. The summed E-state index contributed by atoms with van der Waals surface area (Å²) in [5, 5.41) is 11.1. The minimum atomic E-state index is -0.413. The molecule has 140 valence electrons. The Hall–Kier alpha value is -1.98. The number of ether oxygens (including phenoxy) is 3. The molecular weight excluding hydrogens is 330 g/mol. The van der Waals surface area contributed by atoms with E-state index < -0.39 is 5.41 Å². The number of rotatable bonds is 3. The molecule has 1 saturated heterocycles. The zero-order valence-electron chi connectivity index (χ0n) is 15.9. The third-order valence-corrected chi connectivity index (χ3v) is 6.63. The van der Waals surface area contributed by atoms with Crippen molar-refractivity contribution < 1.29 is 19.3 Å². The molecule has 0 spiro atoms. The second kappa shape index (κ2) is 6.03. The Morgan fingerprint density at radius 3 is 2.65 bits per heavy atom. The normalized spacial score (nSPS) is 33.2. The van der Waals surface area contributed by atoms with E-state index in [0.717, 1.165) is 35.4 Å². The lowest BCUT2D eigenvalue weighted by Gasteiger charge is -2.60. The van der Waals surface area contributed by atoms with Crippen molar-refractivity contribution in [3.8, 4) is 11.5 Å². The van der Waals surface area contributed by atoms with Crippen LogP contribution in [0.1, 0.15) is 17.5 Å². The monoisotopic (exact) mass is 357 g/mol. The summed E-state index contributed by atoms with van der Waals surface area (Å²) in [4.78, 5) is 2.37. The first-order valence-corrected chi connectivity index (χ1v) is 9.03. The van der Waals surface area contributed by atoms with E-state index in [1.807, 2.05) is 6.07 Å². The molecule has 5 nitrogen and oxygen atoms in total. The van der Waals surface area contributed by atoms with Crippen LogP contribution in [0.4, 0.5) is 0 Å². The summed E-state index contributed by atoms with van der Waals surface area (Å²) in [7, 11) is 7.17. The molecule has 1 heterocycles. The summed E-state index contributed by atoms with van der Waals surface area (Å²) in [6.45, 7) is 5.26. The molecule has 0 radical (unpaired) electrons. The van der Waals surface area contributed by atoms with E-state index in [-0.39, 0.29) is 17.8 Å². The van der Waals surface area contributed by atoms with Gasteiger partial charge >= 0.3 is 0 Å². The van der Waals surface area contributed by atoms with Gasteiger partial charge in [-0.05, 0) is 31.2 Å². The van der Waals surface area contributed by atoms with E-state index in [1.54, 1.807) is 21.3 Å². The average molecular weight is 357 g/mol. The molecule has 1 aromatic carbocycles. The third kappa shape index (κ3) is 2.10. The van der Waals surface area contributed by atoms with Gasteiger partial charge in [0.15, 0.2) is 11.5 Å². The number of fused-ring (bicyclic) bond motifs is 1. The fourth-order valence-electron chi connectivity index (χ4n) is 5.50. The molecular formula is C21H27NO4. The lowest BCUT2D eigenvalue weighted by Crippen LogP contribution is -2.64. The van der Waals surface area contributed by atoms with Gasteiger partial charge in [-0.15, -0.1) is 0 Å². The summed E-state index contributed by atoms with van der Waals surface area (Å²) < 4.78 is 17.0. The molecule has 5 heteroatoms. The van der Waals surface area contributed by atoms with Crippen molar-refractivity contribution in [1.82, 2.24) is 4.90 Å². The van der Waals surface area contributed by atoms with Crippen LogP contribution in [0.3, 0.4) is 0 Å². The highest BCUT2D eigenvalue weighted by Gasteiger charge is 2.60. The number of phenols is 1. The van der Waals surface area contributed by atoms with Crippen molar-refractivity contribution in [2.75, 3.05) is 34.9 Å². The van der Waals surface area contributed by atoms with Crippen LogP contribution in [0.5, 0.6) is 11.5 Å². The Morgan fingerprint density at radius 1 is 1.23 bits per heavy atom. The van der Waals surface area contributed by atoms with E-state index in [0.29, 0.717) is 18.2 Å². The van der Waals surface area contributed by atoms with Gasteiger partial charge in [0.25, 0.3) is 0 Å². The zero-order valence-corrected chi connectivity index (χ0v) is 15.9. The van der Waals surface area contributed by atoms with Crippen molar-refractivity contribution in [3.05, 3.63) is 47.2 Å². The molecule has 3 aliphatic rings. The number of aromatic hydroxyl groups is 1.